The van der Waals surface area contributed by atoms with Crippen LogP contribution in [0.3, 0.4) is 0 Å². The highest BCUT2D eigenvalue weighted by Gasteiger charge is 2.70. The summed E-state index contributed by atoms with van der Waals surface area (Å²) in [5.41, 5.74) is 1.04. The predicted octanol–water partition coefficient (Wildman–Crippen LogP) is 2.43. The number of likely N-dealkylation sites (tertiary alicyclic amines) is 1. The smallest absolute Gasteiger partial charge is 0.303 e. The van der Waals surface area contributed by atoms with E-state index in [0.717, 1.165) is 11.1 Å². The Morgan fingerprint density at radius 2 is 1.88 bits per heavy atom. The Bertz CT molecular complexity index is 1200. The van der Waals surface area contributed by atoms with Crippen LogP contribution in [0.5, 0.6) is 0 Å². The first-order valence-electron chi connectivity index (χ1n) is 10.7. The Morgan fingerprint density at radius 3 is 2.58 bits per heavy atom. The minimum atomic E-state index is -1.49. The van der Waals surface area contributed by atoms with Gasteiger partial charge in [-0.05, 0) is 30.5 Å². The molecule has 0 aromatic heterocycles. The summed E-state index contributed by atoms with van der Waals surface area (Å²) < 4.78 is 0. The number of benzene rings is 2. The lowest BCUT2D eigenvalue weighted by molar-refractivity contribution is -0.144. The third-order valence-electron chi connectivity index (χ3n) is 6.86. The Balaban J connectivity index is 1.62. The molecular formula is C24H22ClN3O5. The summed E-state index contributed by atoms with van der Waals surface area (Å²) in [5.74, 6) is -4.15. The highest BCUT2D eigenvalue weighted by molar-refractivity contribution is 6.35. The molecule has 3 aliphatic heterocycles. The predicted molar refractivity (Wildman–Crippen MR) is 119 cm³/mol. The average Bonchev–Trinajstić information content (AvgIpc) is 3.35. The minimum Gasteiger partial charge on any atom is -0.481 e. The van der Waals surface area contributed by atoms with Gasteiger partial charge in [0, 0.05) is 18.0 Å². The maximum atomic E-state index is 13.7. The van der Waals surface area contributed by atoms with Gasteiger partial charge < -0.3 is 10.4 Å². The Hall–Kier alpha value is -3.23. The monoisotopic (exact) mass is 467 g/mol. The van der Waals surface area contributed by atoms with E-state index in [1.54, 1.807) is 12.1 Å². The Morgan fingerprint density at radius 1 is 1.15 bits per heavy atom. The Labute approximate surface area is 194 Å². The van der Waals surface area contributed by atoms with Gasteiger partial charge in [-0.25, -0.2) is 0 Å². The van der Waals surface area contributed by atoms with Crippen molar-refractivity contribution < 1.29 is 24.3 Å². The number of rotatable bonds is 5. The largest absolute Gasteiger partial charge is 0.481 e. The van der Waals surface area contributed by atoms with Gasteiger partial charge in [-0.3, -0.25) is 29.4 Å². The zero-order chi connectivity index (χ0) is 23.5. The molecule has 0 saturated carbocycles. The number of nitrogens with zero attached hydrogens (tertiary/aromatic N) is 1. The van der Waals surface area contributed by atoms with Gasteiger partial charge in [0.2, 0.25) is 17.7 Å². The highest BCUT2D eigenvalue weighted by Crippen LogP contribution is 2.55. The molecule has 5 rings (SSSR count). The van der Waals surface area contributed by atoms with Crippen molar-refractivity contribution in [2.75, 3.05) is 5.32 Å². The van der Waals surface area contributed by atoms with Gasteiger partial charge >= 0.3 is 5.97 Å². The molecule has 3 heterocycles. The summed E-state index contributed by atoms with van der Waals surface area (Å²) in [6.07, 6.45) is -0.0845. The molecule has 0 aliphatic carbocycles. The number of carboxylic acid groups (broad SMARTS) is 1. The van der Waals surface area contributed by atoms with Crippen molar-refractivity contribution in [1.82, 2.24) is 10.2 Å². The van der Waals surface area contributed by atoms with E-state index < -0.39 is 47.1 Å². The maximum absolute atomic E-state index is 13.7. The van der Waals surface area contributed by atoms with Crippen LogP contribution >= 0.6 is 11.6 Å². The molecule has 9 heteroatoms. The Kier molecular flexibility index (Phi) is 5.02. The summed E-state index contributed by atoms with van der Waals surface area (Å²) in [4.78, 5) is 53.1. The molecule has 2 unspecified atom stereocenters. The van der Waals surface area contributed by atoms with Crippen LogP contribution in [0.2, 0.25) is 5.02 Å². The van der Waals surface area contributed by atoms with Crippen LogP contribution in [-0.2, 0) is 31.3 Å². The van der Waals surface area contributed by atoms with Crippen LogP contribution in [0.1, 0.15) is 29.5 Å². The summed E-state index contributed by atoms with van der Waals surface area (Å²) in [7, 11) is 0. The van der Waals surface area contributed by atoms with Gasteiger partial charge in [0.15, 0.2) is 0 Å². The molecule has 3 aliphatic rings. The molecule has 4 atom stereocenters. The number of aliphatic carboxylic acids is 1. The minimum absolute atomic E-state index is 0.0935. The standard InChI is InChI=1S/C24H22ClN3O5/c1-12-9-14-20(15(25)10-12)26-23(33)24(14)19-18(16(27-24)7-8-17(29)30)21(31)28(22(19)32)11-13-5-3-2-4-6-13/h2-6,9-10,16,18-19,27H,7-8,11H2,1H3,(H,26,33)(H,29,30)/t16?,18-,19+,24?/m1/s1. The molecular weight excluding hydrogens is 446 g/mol. The molecule has 0 radical (unpaired) electrons. The molecule has 1 spiro atoms. The lowest BCUT2D eigenvalue weighted by Gasteiger charge is -2.29. The molecule has 3 amide bonds. The van der Waals surface area contributed by atoms with Crippen molar-refractivity contribution in [3.8, 4) is 0 Å². The zero-order valence-electron chi connectivity index (χ0n) is 17.8. The quantitative estimate of drug-likeness (QED) is 0.582. The van der Waals surface area contributed by atoms with Gasteiger partial charge in [0.05, 0.1) is 29.1 Å². The van der Waals surface area contributed by atoms with E-state index in [1.165, 1.54) is 4.90 Å². The first-order chi connectivity index (χ1) is 15.7. The second-order valence-electron chi connectivity index (χ2n) is 8.87. The molecule has 2 aromatic carbocycles. The number of carboxylic acids is 1. The molecule has 0 bridgehead atoms. The number of hydrogen-bond acceptors (Lipinski definition) is 5. The topological polar surface area (TPSA) is 116 Å². The van der Waals surface area contributed by atoms with E-state index in [-0.39, 0.29) is 19.4 Å². The van der Waals surface area contributed by atoms with E-state index in [4.69, 9.17) is 11.6 Å². The zero-order valence-corrected chi connectivity index (χ0v) is 18.6. The number of carbonyl (C=O) groups excluding carboxylic acids is 3. The van der Waals surface area contributed by atoms with Crippen LogP contribution < -0.4 is 10.6 Å². The number of carbonyl (C=O) groups is 4. The summed E-state index contributed by atoms with van der Waals surface area (Å²) in [5, 5.41) is 15.6. The highest BCUT2D eigenvalue weighted by atomic mass is 35.5. The fraction of sp³-hybridized carbons (Fsp3) is 0.333. The third-order valence-corrected chi connectivity index (χ3v) is 7.16. The van der Waals surface area contributed by atoms with Gasteiger partial charge in [-0.15, -0.1) is 0 Å². The van der Waals surface area contributed by atoms with Crippen LogP contribution in [0.25, 0.3) is 0 Å². The first kappa shape index (κ1) is 21.6. The van der Waals surface area contributed by atoms with Gasteiger partial charge in [-0.2, -0.15) is 0 Å². The van der Waals surface area contributed by atoms with Gasteiger partial charge in [-0.1, -0.05) is 48.0 Å². The van der Waals surface area contributed by atoms with E-state index in [9.17, 15) is 24.3 Å². The van der Waals surface area contributed by atoms with Crippen LogP contribution in [-0.4, -0.2) is 39.7 Å². The van der Waals surface area contributed by atoms with Crippen molar-refractivity contribution in [2.24, 2.45) is 11.8 Å². The van der Waals surface area contributed by atoms with Crippen LogP contribution in [0, 0.1) is 18.8 Å². The van der Waals surface area contributed by atoms with Crippen LogP contribution in [0.15, 0.2) is 42.5 Å². The number of nitrogens with one attached hydrogen (secondary N) is 2. The first-order valence-corrected chi connectivity index (χ1v) is 11.1. The fourth-order valence-corrected chi connectivity index (χ4v) is 5.82. The van der Waals surface area contributed by atoms with Crippen molar-refractivity contribution >= 4 is 41.0 Å². The molecule has 2 fully saturated rings. The van der Waals surface area contributed by atoms with Crippen molar-refractivity contribution in [3.63, 3.8) is 0 Å². The molecule has 2 saturated heterocycles. The van der Waals surface area contributed by atoms with E-state index >= 15 is 0 Å². The molecule has 170 valence electrons. The van der Waals surface area contributed by atoms with Gasteiger partial charge in [0.1, 0.15) is 5.54 Å². The van der Waals surface area contributed by atoms with E-state index in [2.05, 4.69) is 10.6 Å². The van der Waals surface area contributed by atoms with Crippen LogP contribution in [0.4, 0.5) is 5.69 Å². The van der Waals surface area contributed by atoms with E-state index in [1.807, 2.05) is 37.3 Å². The average molecular weight is 468 g/mol. The maximum Gasteiger partial charge on any atom is 0.303 e. The number of aryl methyl sites for hydroxylation is 1. The second kappa shape index (κ2) is 7.67. The summed E-state index contributed by atoms with van der Waals surface area (Å²) in [6, 6.07) is 12.0. The lowest BCUT2D eigenvalue weighted by Crippen LogP contribution is -2.53. The molecule has 33 heavy (non-hydrogen) atoms. The number of imide groups is 1. The van der Waals surface area contributed by atoms with E-state index in [0.29, 0.717) is 16.3 Å². The molecule has 3 N–H and O–H groups in total. The number of hydrogen-bond donors (Lipinski definition) is 3. The summed E-state index contributed by atoms with van der Waals surface area (Å²) >= 11 is 6.40. The number of anilines is 1. The SMILES string of the molecule is Cc1cc(Cl)c2c(c1)C1(NC(CCC(=O)O)[C@H]3C(=O)N(Cc4ccccc4)C(=O)[C@H]31)C(=O)N2. The molecule has 2 aromatic rings. The number of fused-ring (bicyclic) bond motifs is 4. The van der Waals surface area contributed by atoms with Crippen molar-refractivity contribution in [1.29, 1.82) is 0 Å². The fourth-order valence-electron chi connectivity index (χ4n) is 5.50. The third kappa shape index (κ3) is 3.16. The number of amides is 3. The number of halogens is 1. The van der Waals surface area contributed by atoms with Crippen molar-refractivity contribution in [2.45, 2.75) is 37.9 Å². The summed E-state index contributed by atoms with van der Waals surface area (Å²) in [6.45, 7) is 1.93. The second-order valence-corrected chi connectivity index (χ2v) is 9.27. The van der Waals surface area contributed by atoms with Crippen molar-refractivity contribution in [3.05, 3.63) is 64.2 Å². The molecule has 8 nitrogen and oxygen atoms in total. The normalized spacial score (nSPS) is 27.8. The lowest BCUT2D eigenvalue weighted by atomic mass is 9.76. The van der Waals surface area contributed by atoms with Gasteiger partial charge in [0.25, 0.3) is 0 Å².